The normalized spacial score (nSPS) is 10.9. The third-order valence-electron chi connectivity index (χ3n) is 19.3. The van der Waals surface area contributed by atoms with Gasteiger partial charge in [-0.15, -0.1) is 0 Å². The maximum atomic E-state index is 4.85. The van der Waals surface area contributed by atoms with Crippen LogP contribution in [-0.4, -0.2) is 0 Å². The zero-order valence-electron chi connectivity index (χ0n) is 56.5. The van der Waals surface area contributed by atoms with Crippen molar-refractivity contribution < 1.29 is 15.1 Å². The molecule has 0 atom stereocenters. The van der Waals surface area contributed by atoms with Crippen LogP contribution in [0.15, 0.2) is 425 Å². The monoisotopic (exact) mass is 1440 g/mol. The number of hydrogen-bond donors (Lipinski definition) is 0. The molecular formula is C100H70Cl2Ru. The van der Waals surface area contributed by atoms with Crippen molar-refractivity contribution in [3.05, 3.63) is 425 Å². The Morgan fingerprint density at radius 1 is 0.107 bits per heavy atom. The topological polar surface area (TPSA) is 0 Å². The number of halogens is 2. The zero-order valence-corrected chi connectivity index (χ0v) is 59.8. The van der Waals surface area contributed by atoms with Crippen molar-refractivity contribution in [3.8, 4) is 55.6 Å². The predicted octanol–water partition coefficient (Wildman–Crippen LogP) is 29.7. The van der Waals surface area contributed by atoms with Crippen LogP contribution in [0.3, 0.4) is 0 Å². The Morgan fingerprint density at radius 3 is 0.282 bits per heavy atom. The van der Waals surface area contributed by atoms with Gasteiger partial charge in [0.2, 0.25) is 0 Å². The van der Waals surface area contributed by atoms with E-state index in [-0.39, 0.29) is 15.1 Å². The molecule has 0 aromatic heterocycles. The number of benzene rings is 20. The van der Waals surface area contributed by atoms with Gasteiger partial charge < -0.3 is 0 Å². The molecule has 492 valence electrons. The molecule has 0 amide bonds. The Morgan fingerprint density at radius 2 is 0.184 bits per heavy atom. The summed E-state index contributed by atoms with van der Waals surface area (Å²) in [5, 5.41) is 26.0. The molecule has 0 unspecified atom stereocenters. The summed E-state index contributed by atoms with van der Waals surface area (Å²) in [7, 11) is 9.71. The van der Waals surface area contributed by atoms with E-state index < -0.39 is 0 Å². The van der Waals surface area contributed by atoms with Crippen LogP contribution in [0.2, 0.25) is 0 Å². The van der Waals surface area contributed by atoms with E-state index in [0.717, 1.165) is 0 Å². The Hall–Kier alpha value is -11.8. The summed E-state index contributed by atoms with van der Waals surface area (Å²) in [6.07, 6.45) is 0. The average Bonchev–Trinajstić information content (AvgIpc) is 0.809. The first-order valence-electron chi connectivity index (χ1n) is 34.7. The summed E-state index contributed by atoms with van der Waals surface area (Å²) in [5.41, 5.74) is 13.1. The summed E-state index contributed by atoms with van der Waals surface area (Å²) < 4.78 is 0. The largest absolute Gasteiger partial charge is 0.0616 e. The van der Waals surface area contributed by atoms with E-state index in [9.17, 15) is 0 Å². The molecule has 103 heavy (non-hydrogen) atoms. The summed E-state index contributed by atoms with van der Waals surface area (Å²) >= 11 is -0.346. The second kappa shape index (κ2) is 32.2. The maximum absolute atomic E-state index is 4.85. The first-order valence-corrected chi connectivity index (χ1v) is 39.2. The van der Waals surface area contributed by atoms with Gasteiger partial charge in [0.15, 0.2) is 0 Å². The minimum atomic E-state index is -0.346. The molecule has 0 spiro atoms. The first-order chi connectivity index (χ1) is 51.1. The minimum Gasteiger partial charge on any atom is -0.0616 e. The molecule has 0 N–H and O–H groups in total. The van der Waals surface area contributed by atoms with Crippen molar-refractivity contribution in [1.82, 2.24) is 0 Å². The van der Waals surface area contributed by atoms with Crippen molar-refractivity contribution >= 4 is 127 Å². The molecule has 0 heterocycles. The summed E-state index contributed by atoms with van der Waals surface area (Å²) in [5.74, 6) is 0. The van der Waals surface area contributed by atoms with Crippen molar-refractivity contribution in [1.29, 1.82) is 0 Å². The summed E-state index contributed by atoms with van der Waals surface area (Å²) in [6.45, 7) is 0. The van der Waals surface area contributed by atoms with E-state index in [1.165, 1.54) is 163 Å². The molecule has 20 rings (SSSR count). The second-order valence-corrected chi connectivity index (χ2v) is 28.0. The number of hydrogen-bond acceptors (Lipinski definition) is 0. The Balaban J connectivity index is 0.000000103. The van der Waals surface area contributed by atoms with Gasteiger partial charge in [-0.25, -0.2) is 0 Å². The van der Waals surface area contributed by atoms with E-state index in [1.807, 2.05) is 0 Å². The van der Waals surface area contributed by atoms with Crippen LogP contribution in [0.1, 0.15) is 0 Å². The third kappa shape index (κ3) is 14.7. The third-order valence-corrected chi connectivity index (χ3v) is 19.3. The average molecular weight is 1440 g/mol. The molecule has 0 saturated carbocycles. The van der Waals surface area contributed by atoms with Gasteiger partial charge in [0.25, 0.3) is 0 Å². The zero-order chi connectivity index (χ0) is 69.5. The van der Waals surface area contributed by atoms with E-state index in [4.69, 9.17) is 19.4 Å². The fourth-order valence-electron chi connectivity index (χ4n) is 14.6. The molecule has 20 aromatic rings. The standard InChI is InChI=1S/5C20H14.2ClH.Ru/c5*1-3-11-17-15(7-1)9-5-13-19(17)20-14-6-10-16-8-2-4-12-18(16)20;;;/h5*1-14H;2*1H;/q;;;;;;;+2/p-2. The van der Waals surface area contributed by atoms with Crippen molar-refractivity contribution in [3.63, 3.8) is 0 Å². The molecule has 3 heteroatoms. The quantitative estimate of drug-likeness (QED) is 0.151. The SMILES string of the molecule is [Cl][Ru][Cl].c1ccc2c(-c3cccc4ccccc34)cccc2c1.c1ccc2c(-c3cccc4ccccc34)cccc2c1.c1ccc2c(-c3cccc4ccccc34)cccc2c1.c1ccc2c(-c3cccc4ccccc34)cccc2c1.c1ccc2c(-c3cccc4ccccc34)cccc2c1. The molecule has 0 radical (unpaired) electrons. The van der Waals surface area contributed by atoms with Crippen molar-refractivity contribution in [2.75, 3.05) is 0 Å². The van der Waals surface area contributed by atoms with Crippen LogP contribution < -0.4 is 0 Å². The van der Waals surface area contributed by atoms with Gasteiger partial charge >= 0.3 is 34.5 Å². The molecular weight excluding hydrogens is 1370 g/mol. The van der Waals surface area contributed by atoms with Crippen molar-refractivity contribution in [2.45, 2.75) is 0 Å². The molecule has 0 aliphatic heterocycles. The second-order valence-electron chi connectivity index (χ2n) is 25.3. The summed E-state index contributed by atoms with van der Waals surface area (Å²) in [4.78, 5) is 0. The summed E-state index contributed by atoms with van der Waals surface area (Å²) in [6, 6.07) is 151. The van der Waals surface area contributed by atoms with E-state index in [2.05, 4.69) is 425 Å². The van der Waals surface area contributed by atoms with Gasteiger partial charge in [-0.1, -0.05) is 425 Å². The fraction of sp³-hybridized carbons (Fsp3) is 0. The molecule has 0 aliphatic rings. The van der Waals surface area contributed by atoms with Crippen LogP contribution >= 0.6 is 19.4 Å². The minimum absolute atomic E-state index is 0.346. The van der Waals surface area contributed by atoms with Gasteiger partial charge in [0.05, 0.1) is 0 Å². The van der Waals surface area contributed by atoms with Gasteiger partial charge in [0.1, 0.15) is 0 Å². The van der Waals surface area contributed by atoms with Gasteiger partial charge in [0, 0.05) is 0 Å². The maximum Gasteiger partial charge on any atom is -0.00992 e. The molecule has 0 saturated heterocycles. The van der Waals surface area contributed by atoms with Crippen LogP contribution in [0, 0.1) is 0 Å². The van der Waals surface area contributed by atoms with Crippen LogP contribution in [0.4, 0.5) is 0 Å². The van der Waals surface area contributed by atoms with Crippen LogP contribution in [0.25, 0.3) is 163 Å². The number of fused-ring (bicyclic) bond motifs is 10. The molecule has 0 bridgehead atoms. The van der Waals surface area contributed by atoms with Crippen LogP contribution in [-0.2, 0) is 15.1 Å². The molecule has 0 nitrogen and oxygen atoms in total. The molecule has 0 fully saturated rings. The molecule has 0 aliphatic carbocycles. The predicted molar refractivity (Wildman–Crippen MR) is 446 cm³/mol. The van der Waals surface area contributed by atoms with E-state index in [1.54, 1.807) is 0 Å². The van der Waals surface area contributed by atoms with Gasteiger partial charge in [-0.05, 0) is 163 Å². The number of rotatable bonds is 5. The smallest absolute Gasteiger partial charge is 0.00992 e. The molecule has 20 aromatic carbocycles. The van der Waals surface area contributed by atoms with E-state index >= 15 is 0 Å². The van der Waals surface area contributed by atoms with Gasteiger partial charge in [-0.2, -0.15) is 0 Å². The first kappa shape index (κ1) is 67.0. The Kier molecular flexibility index (Phi) is 21.0. The van der Waals surface area contributed by atoms with E-state index in [0.29, 0.717) is 0 Å². The fourth-order valence-corrected chi connectivity index (χ4v) is 14.6. The Labute approximate surface area is 617 Å². The van der Waals surface area contributed by atoms with Gasteiger partial charge in [-0.3, -0.25) is 0 Å². The van der Waals surface area contributed by atoms with Crippen LogP contribution in [0.5, 0.6) is 0 Å². The Bertz CT molecular complexity index is 5020. The van der Waals surface area contributed by atoms with Crippen molar-refractivity contribution in [2.24, 2.45) is 0 Å².